The van der Waals surface area contributed by atoms with Crippen molar-refractivity contribution < 1.29 is 20.5 Å². The van der Waals surface area contributed by atoms with E-state index in [4.69, 9.17) is 0 Å². The maximum absolute atomic E-state index is 11.8. The molecule has 0 saturated carbocycles. The highest BCUT2D eigenvalue weighted by molar-refractivity contribution is 7.99. The van der Waals surface area contributed by atoms with Crippen molar-refractivity contribution in [2.45, 2.75) is 9.79 Å². The van der Waals surface area contributed by atoms with E-state index in [9.17, 15) is 16.8 Å². The van der Waals surface area contributed by atoms with Gasteiger partial charge >= 0.3 is 20.2 Å². The van der Waals surface area contributed by atoms with Crippen LogP contribution in [0, 0.1) is 0 Å². The zero-order valence-corrected chi connectivity index (χ0v) is 11.3. The molecule has 19 heavy (non-hydrogen) atoms. The molecule has 0 aromatic heterocycles. The molecule has 5 nitrogen and oxygen atoms in total. The average Bonchev–Trinajstić information content (AvgIpc) is 2.40. The van der Waals surface area contributed by atoms with Gasteiger partial charge in [0.1, 0.15) is 0 Å². The van der Waals surface area contributed by atoms with Gasteiger partial charge in [0.15, 0.2) is 0 Å². The molecule has 0 saturated heterocycles. The summed E-state index contributed by atoms with van der Waals surface area (Å²) in [7, 11) is -8.71. The van der Waals surface area contributed by atoms with E-state index in [1.165, 1.54) is 48.5 Å². The Labute approximate surface area is 111 Å². The summed E-state index contributed by atoms with van der Waals surface area (Å²) in [6.07, 6.45) is 0. The first kappa shape index (κ1) is 13.7. The van der Waals surface area contributed by atoms with E-state index in [2.05, 4.69) is 3.63 Å². The molecule has 0 aliphatic rings. The van der Waals surface area contributed by atoms with E-state index in [0.717, 1.165) is 0 Å². The fourth-order valence-electron chi connectivity index (χ4n) is 1.37. The summed E-state index contributed by atoms with van der Waals surface area (Å²) in [5, 5.41) is 0. The molecule has 0 aliphatic heterocycles. The van der Waals surface area contributed by atoms with Crippen LogP contribution in [-0.2, 0) is 23.9 Å². The van der Waals surface area contributed by atoms with Gasteiger partial charge in [-0.3, -0.25) is 0 Å². The Hall–Kier alpha value is -1.70. The first-order valence-electron chi connectivity index (χ1n) is 5.23. The Morgan fingerprint density at radius 3 is 1.21 bits per heavy atom. The number of hydrogen-bond acceptors (Lipinski definition) is 5. The highest BCUT2D eigenvalue weighted by atomic mass is 32.3. The van der Waals surface area contributed by atoms with Gasteiger partial charge in [-0.05, 0) is 24.3 Å². The summed E-state index contributed by atoms with van der Waals surface area (Å²) in [6, 6.07) is 14.2. The largest absolute Gasteiger partial charge is 0.311 e. The van der Waals surface area contributed by atoms with Crippen LogP contribution in [0.3, 0.4) is 0 Å². The second-order valence-corrected chi connectivity index (χ2v) is 6.91. The number of benzene rings is 2. The van der Waals surface area contributed by atoms with Crippen LogP contribution in [0.15, 0.2) is 70.5 Å². The van der Waals surface area contributed by atoms with E-state index in [1.807, 2.05) is 0 Å². The molecule has 0 atom stereocenters. The zero-order chi connectivity index (χ0) is 13.9. The second kappa shape index (κ2) is 5.12. The van der Waals surface area contributed by atoms with Crippen molar-refractivity contribution in [1.82, 2.24) is 0 Å². The molecule has 0 bridgehead atoms. The molecule has 7 heteroatoms. The highest BCUT2D eigenvalue weighted by Gasteiger charge is 2.26. The third kappa shape index (κ3) is 3.19. The maximum atomic E-state index is 11.8. The predicted octanol–water partition coefficient (Wildman–Crippen LogP) is 1.78. The van der Waals surface area contributed by atoms with Gasteiger partial charge in [0.2, 0.25) is 0 Å². The smallest absolute Gasteiger partial charge is 0.193 e. The molecule has 0 amide bonds. The van der Waals surface area contributed by atoms with Crippen LogP contribution in [0.25, 0.3) is 0 Å². The minimum absolute atomic E-state index is 0.213. The van der Waals surface area contributed by atoms with Crippen molar-refractivity contribution in [3.63, 3.8) is 0 Å². The monoisotopic (exact) mass is 298 g/mol. The first-order chi connectivity index (χ1) is 8.92. The van der Waals surface area contributed by atoms with E-state index in [0.29, 0.717) is 0 Å². The highest BCUT2D eigenvalue weighted by Crippen LogP contribution is 2.19. The molecular formula is C12H10O5S2. The van der Waals surface area contributed by atoms with Crippen LogP contribution in [0.5, 0.6) is 0 Å². The topological polar surface area (TPSA) is 77.5 Å². The minimum atomic E-state index is -4.35. The van der Waals surface area contributed by atoms with Gasteiger partial charge < -0.3 is 0 Å². The summed E-state index contributed by atoms with van der Waals surface area (Å²) in [6.45, 7) is 0. The van der Waals surface area contributed by atoms with E-state index < -0.39 is 20.2 Å². The van der Waals surface area contributed by atoms with Gasteiger partial charge in [-0.1, -0.05) is 36.4 Å². The van der Waals surface area contributed by atoms with Crippen molar-refractivity contribution in [2.75, 3.05) is 0 Å². The minimum Gasteiger partial charge on any atom is -0.193 e. The Balaban J connectivity index is 2.37. The molecule has 100 valence electrons. The van der Waals surface area contributed by atoms with Crippen molar-refractivity contribution in [1.29, 1.82) is 0 Å². The standard InChI is InChI=1S/C12H10O5S2/c13-18(14,11-7-3-1-4-8-11)17-19(15,16)12-9-5-2-6-10-12/h1-10H. The van der Waals surface area contributed by atoms with Crippen molar-refractivity contribution in [3.8, 4) is 0 Å². The van der Waals surface area contributed by atoms with Crippen LogP contribution in [-0.4, -0.2) is 16.8 Å². The second-order valence-electron chi connectivity index (χ2n) is 3.60. The van der Waals surface area contributed by atoms with Crippen LogP contribution < -0.4 is 0 Å². The molecule has 2 rings (SSSR count). The van der Waals surface area contributed by atoms with Gasteiger partial charge in [-0.25, -0.2) is 0 Å². The Kier molecular flexibility index (Phi) is 3.70. The molecule has 0 fully saturated rings. The summed E-state index contributed by atoms with van der Waals surface area (Å²) in [4.78, 5) is -0.427. The van der Waals surface area contributed by atoms with Crippen LogP contribution in [0.1, 0.15) is 0 Å². The summed E-state index contributed by atoms with van der Waals surface area (Å²) in [5.41, 5.74) is 0. The molecule has 0 aliphatic carbocycles. The van der Waals surface area contributed by atoms with Crippen molar-refractivity contribution in [3.05, 3.63) is 60.7 Å². The molecule has 2 aromatic rings. The number of hydrogen-bond donors (Lipinski definition) is 0. The van der Waals surface area contributed by atoms with E-state index in [1.54, 1.807) is 12.1 Å². The van der Waals surface area contributed by atoms with Crippen molar-refractivity contribution in [2.24, 2.45) is 0 Å². The Bertz CT molecular complexity index is 683. The summed E-state index contributed by atoms with van der Waals surface area (Å²) >= 11 is 0. The first-order valence-corrected chi connectivity index (χ1v) is 8.05. The third-order valence-electron chi connectivity index (χ3n) is 2.24. The molecular weight excluding hydrogens is 288 g/mol. The molecule has 2 aromatic carbocycles. The maximum Gasteiger partial charge on any atom is 0.311 e. The van der Waals surface area contributed by atoms with Crippen LogP contribution in [0.4, 0.5) is 0 Å². The quantitative estimate of drug-likeness (QED) is 0.860. The fraction of sp³-hybridized carbons (Fsp3) is 0. The van der Waals surface area contributed by atoms with Gasteiger partial charge in [0.05, 0.1) is 9.79 Å². The van der Waals surface area contributed by atoms with Crippen LogP contribution >= 0.6 is 0 Å². The normalized spacial score (nSPS) is 12.2. The van der Waals surface area contributed by atoms with Gasteiger partial charge in [0, 0.05) is 0 Å². The lowest BCUT2D eigenvalue weighted by atomic mass is 10.4. The SMILES string of the molecule is O=S(=O)(OS(=O)(=O)c1ccccc1)c1ccccc1. The van der Waals surface area contributed by atoms with E-state index in [-0.39, 0.29) is 9.79 Å². The zero-order valence-electron chi connectivity index (χ0n) is 9.63. The number of rotatable bonds is 4. The van der Waals surface area contributed by atoms with Gasteiger partial charge in [-0.2, -0.15) is 16.8 Å². The van der Waals surface area contributed by atoms with Crippen LogP contribution in [0.2, 0.25) is 0 Å². The molecule has 0 spiro atoms. The van der Waals surface area contributed by atoms with E-state index >= 15 is 0 Å². The average molecular weight is 298 g/mol. The predicted molar refractivity (Wildman–Crippen MR) is 68.3 cm³/mol. The van der Waals surface area contributed by atoms with Gasteiger partial charge in [-0.15, -0.1) is 3.63 Å². The molecule has 0 radical (unpaired) electrons. The summed E-state index contributed by atoms with van der Waals surface area (Å²) in [5.74, 6) is 0. The Morgan fingerprint density at radius 1 is 0.579 bits per heavy atom. The molecule has 0 heterocycles. The fourth-order valence-corrected chi connectivity index (χ4v) is 3.92. The summed E-state index contributed by atoms with van der Waals surface area (Å²) < 4.78 is 51.6. The Morgan fingerprint density at radius 2 is 0.895 bits per heavy atom. The van der Waals surface area contributed by atoms with Crippen molar-refractivity contribution >= 4 is 20.2 Å². The lowest BCUT2D eigenvalue weighted by Gasteiger charge is -2.05. The molecule has 0 unspecified atom stereocenters. The lowest BCUT2D eigenvalue weighted by molar-refractivity contribution is 0.462. The third-order valence-corrected chi connectivity index (χ3v) is 5.38. The lowest BCUT2D eigenvalue weighted by Crippen LogP contribution is -2.14. The van der Waals surface area contributed by atoms with Gasteiger partial charge in [0.25, 0.3) is 0 Å². The molecule has 0 N–H and O–H groups in total.